The van der Waals surface area contributed by atoms with Crippen molar-refractivity contribution in [2.45, 2.75) is 114 Å². The minimum absolute atomic E-state index is 0.164. The molecule has 2 aliphatic rings. The lowest BCUT2D eigenvalue weighted by atomic mass is 9.92. The van der Waals surface area contributed by atoms with Gasteiger partial charge in [-0.15, -0.1) is 0 Å². The van der Waals surface area contributed by atoms with E-state index in [2.05, 4.69) is 37.5 Å². The van der Waals surface area contributed by atoms with Crippen LogP contribution in [0.15, 0.2) is 0 Å². The van der Waals surface area contributed by atoms with Gasteiger partial charge in [-0.1, -0.05) is 69.2 Å². The van der Waals surface area contributed by atoms with Gasteiger partial charge in [0.25, 0.3) is 0 Å². The summed E-state index contributed by atoms with van der Waals surface area (Å²) in [6, 6.07) is 0.338. The summed E-state index contributed by atoms with van der Waals surface area (Å²) in [7, 11) is 0. The quantitative estimate of drug-likeness (QED) is 0.494. The largest absolute Gasteiger partial charge is 0.298 e. The molecule has 2 heterocycles. The lowest BCUT2D eigenvalue weighted by Gasteiger charge is -2.30. The first kappa shape index (κ1) is 31.4. The fourth-order valence-electron chi connectivity index (χ4n) is 4.46. The average Bonchev–Trinajstić information content (AvgIpc) is 3.39. The van der Waals surface area contributed by atoms with Crippen molar-refractivity contribution in [2.24, 2.45) is 17.8 Å². The molecule has 2 unspecified atom stereocenters. The fraction of sp³-hybridized carbons (Fsp3) is 0.923. The van der Waals surface area contributed by atoms with Crippen LogP contribution < -0.4 is 0 Å². The van der Waals surface area contributed by atoms with Gasteiger partial charge in [-0.3, -0.25) is 19.4 Å². The van der Waals surface area contributed by atoms with E-state index in [9.17, 15) is 9.59 Å². The van der Waals surface area contributed by atoms with Crippen molar-refractivity contribution in [1.29, 1.82) is 0 Å². The van der Waals surface area contributed by atoms with Crippen molar-refractivity contribution in [3.05, 3.63) is 0 Å². The molecule has 180 valence electrons. The normalized spacial score (nSPS) is 18.7. The molecule has 2 atom stereocenters. The summed E-state index contributed by atoms with van der Waals surface area (Å²) in [6.07, 6.45) is 5.04. The summed E-state index contributed by atoms with van der Waals surface area (Å²) < 4.78 is 0. The third-order valence-electron chi connectivity index (χ3n) is 5.61. The number of ketones is 2. The van der Waals surface area contributed by atoms with Crippen LogP contribution in [0.5, 0.6) is 0 Å². The Morgan fingerprint density at radius 2 is 0.900 bits per heavy atom. The van der Waals surface area contributed by atoms with Crippen molar-refractivity contribution < 1.29 is 9.59 Å². The molecule has 0 aromatic rings. The molecule has 0 aromatic carbocycles. The van der Waals surface area contributed by atoms with Gasteiger partial charge in [0, 0.05) is 5.92 Å². The summed E-state index contributed by atoms with van der Waals surface area (Å²) in [5.41, 5.74) is 0. The molecular formula is C26H54N2O2. The summed E-state index contributed by atoms with van der Waals surface area (Å²) >= 11 is 0. The lowest BCUT2D eigenvalue weighted by Crippen LogP contribution is -2.44. The molecule has 0 amide bonds. The van der Waals surface area contributed by atoms with E-state index in [1.165, 1.54) is 25.7 Å². The maximum absolute atomic E-state index is 12.0. The molecule has 2 saturated heterocycles. The number of hydrogen-bond acceptors (Lipinski definition) is 4. The Morgan fingerprint density at radius 1 is 0.600 bits per heavy atom. The third kappa shape index (κ3) is 11.0. The van der Waals surface area contributed by atoms with Crippen LogP contribution in [0, 0.1) is 17.8 Å². The van der Waals surface area contributed by atoms with Crippen LogP contribution >= 0.6 is 0 Å². The minimum Gasteiger partial charge on any atom is -0.298 e. The highest BCUT2D eigenvalue weighted by Gasteiger charge is 2.31. The van der Waals surface area contributed by atoms with Crippen LogP contribution in [0.1, 0.15) is 102 Å². The predicted molar refractivity (Wildman–Crippen MR) is 132 cm³/mol. The summed E-state index contributed by atoms with van der Waals surface area (Å²) in [4.78, 5) is 28.1. The Kier molecular flexibility index (Phi) is 18.8. The number of carbonyl (C=O) groups excluding carboxylic acids is 2. The van der Waals surface area contributed by atoms with E-state index in [1.807, 2.05) is 41.5 Å². The van der Waals surface area contributed by atoms with Gasteiger partial charge in [0.2, 0.25) is 0 Å². The molecule has 0 aromatic heterocycles. The van der Waals surface area contributed by atoms with Gasteiger partial charge in [0.05, 0.1) is 12.1 Å². The molecule has 0 aliphatic carbocycles. The highest BCUT2D eigenvalue weighted by molar-refractivity contribution is 5.86. The average molecular weight is 427 g/mol. The van der Waals surface area contributed by atoms with Gasteiger partial charge < -0.3 is 0 Å². The molecule has 2 rings (SSSR count). The number of likely N-dealkylation sites (tertiary alicyclic amines) is 2. The number of nitrogens with zero attached hydrogens (tertiary/aromatic N) is 2. The number of Topliss-reactive ketones (excluding diaryl/α,β-unsaturated/α-hetero) is 2. The lowest BCUT2D eigenvalue weighted by molar-refractivity contribution is -0.128. The van der Waals surface area contributed by atoms with E-state index in [-0.39, 0.29) is 18.0 Å². The van der Waals surface area contributed by atoms with Crippen molar-refractivity contribution in [3.63, 3.8) is 0 Å². The van der Waals surface area contributed by atoms with Crippen LogP contribution in [0.3, 0.4) is 0 Å². The van der Waals surface area contributed by atoms with Gasteiger partial charge >= 0.3 is 0 Å². The van der Waals surface area contributed by atoms with Crippen LogP contribution in [-0.2, 0) is 9.59 Å². The van der Waals surface area contributed by atoms with Crippen LogP contribution in [0.4, 0.5) is 0 Å². The summed E-state index contributed by atoms with van der Waals surface area (Å²) in [5.74, 6) is 1.82. The second-order valence-electron chi connectivity index (χ2n) is 9.03. The van der Waals surface area contributed by atoms with E-state index in [4.69, 9.17) is 0 Å². The summed E-state index contributed by atoms with van der Waals surface area (Å²) in [6.45, 7) is 26.7. The monoisotopic (exact) mass is 426 g/mol. The Bertz CT molecular complexity index is 434. The highest BCUT2D eigenvalue weighted by Crippen LogP contribution is 2.21. The zero-order chi connectivity index (χ0) is 23.9. The Morgan fingerprint density at radius 3 is 1.13 bits per heavy atom. The first-order valence-electron chi connectivity index (χ1n) is 12.7. The van der Waals surface area contributed by atoms with E-state index < -0.39 is 0 Å². The molecule has 2 fully saturated rings. The molecule has 0 spiro atoms. The number of hydrogen-bond donors (Lipinski definition) is 0. The number of rotatable bonds is 7. The zero-order valence-electron chi connectivity index (χ0n) is 22.3. The standard InChI is InChI=1S/C12H23NO.C10H19NO.2C2H6/c1-9(2)11(12(14)10(3)4)13-7-5-6-8-13;1-8(2)10(9(3)12)11-6-4-5-7-11;2*1-2/h9-11H,5-8H2,1-4H3;8,10H,4-7H2,1-3H3;2*1-2H3. The second-order valence-corrected chi connectivity index (χ2v) is 9.03. The van der Waals surface area contributed by atoms with Crippen molar-refractivity contribution in [1.82, 2.24) is 9.80 Å². The molecule has 30 heavy (non-hydrogen) atoms. The fourth-order valence-corrected chi connectivity index (χ4v) is 4.46. The zero-order valence-corrected chi connectivity index (χ0v) is 22.3. The first-order chi connectivity index (χ1) is 14.2. The highest BCUT2D eigenvalue weighted by atomic mass is 16.1. The molecule has 0 radical (unpaired) electrons. The van der Waals surface area contributed by atoms with E-state index in [0.717, 1.165) is 26.2 Å². The molecule has 0 N–H and O–H groups in total. The van der Waals surface area contributed by atoms with E-state index >= 15 is 0 Å². The molecular weight excluding hydrogens is 372 g/mol. The van der Waals surface area contributed by atoms with Crippen LogP contribution in [0.25, 0.3) is 0 Å². The van der Waals surface area contributed by atoms with Gasteiger partial charge in [0.1, 0.15) is 5.78 Å². The van der Waals surface area contributed by atoms with E-state index in [0.29, 0.717) is 23.4 Å². The number of carbonyl (C=O) groups is 2. The SMILES string of the molecule is CC.CC.CC(=O)C(C(C)C)N1CCCC1.CC(C)C(=O)C(C(C)C)N1CCCC1. The minimum atomic E-state index is 0.164. The molecule has 2 aliphatic heterocycles. The third-order valence-corrected chi connectivity index (χ3v) is 5.61. The smallest absolute Gasteiger partial charge is 0.152 e. The predicted octanol–water partition coefficient (Wildman–Crippen LogP) is 6.08. The van der Waals surface area contributed by atoms with Gasteiger partial charge in [-0.2, -0.15) is 0 Å². The van der Waals surface area contributed by atoms with Crippen molar-refractivity contribution in [2.75, 3.05) is 26.2 Å². The van der Waals surface area contributed by atoms with Gasteiger partial charge in [-0.05, 0) is 70.6 Å². The Hall–Kier alpha value is -0.740. The molecule has 4 heteroatoms. The van der Waals surface area contributed by atoms with Crippen LogP contribution in [0.2, 0.25) is 0 Å². The second kappa shape index (κ2) is 17.9. The summed E-state index contributed by atoms with van der Waals surface area (Å²) in [5, 5.41) is 0. The maximum atomic E-state index is 12.0. The van der Waals surface area contributed by atoms with Gasteiger partial charge in [0.15, 0.2) is 5.78 Å². The van der Waals surface area contributed by atoms with Gasteiger partial charge in [-0.25, -0.2) is 0 Å². The Balaban J connectivity index is 0. The van der Waals surface area contributed by atoms with Crippen molar-refractivity contribution in [3.8, 4) is 0 Å². The van der Waals surface area contributed by atoms with E-state index in [1.54, 1.807) is 6.92 Å². The Labute approximate surface area is 189 Å². The van der Waals surface area contributed by atoms with Crippen molar-refractivity contribution >= 4 is 11.6 Å². The van der Waals surface area contributed by atoms with Crippen LogP contribution in [-0.4, -0.2) is 59.6 Å². The maximum Gasteiger partial charge on any atom is 0.152 e. The molecule has 4 nitrogen and oxygen atoms in total. The first-order valence-corrected chi connectivity index (χ1v) is 12.7. The molecule has 0 saturated carbocycles. The topological polar surface area (TPSA) is 40.6 Å². The molecule has 0 bridgehead atoms.